The van der Waals surface area contributed by atoms with Gasteiger partial charge in [-0.05, 0) is 56.7 Å². The van der Waals surface area contributed by atoms with Crippen LogP contribution in [0.4, 0.5) is 0 Å². The van der Waals surface area contributed by atoms with Crippen LogP contribution in [0.2, 0.25) is 0 Å². The van der Waals surface area contributed by atoms with Gasteiger partial charge in [-0.3, -0.25) is 0 Å². The quantitative estimate of drug-likeness (QED) is 0.805. The Hall–Kier alpha value is 0.310. The predicted molar refractivity (Wildman–Crippen MR) is 74.1 cm³/mol. The first-order valence-corrected chi connectivity index (χ1v) is 8.33. The van der Waals surface area contributed by atoms with E-state index >= 15 is 0 Å². The molecule has 0 spiro atoms. The third-order valence-electron chi connectivity index (χ3n) is 4.46. The summed E-state index contributed by atoms with van der Waals surface area (Å²) in [6, 6.07) is 0.828. The number of thioether (sulfide) groups is 1. The van der Waals surface area contributed by atoms with E-state index in [2.05, 4.69) is 30.3 Å². The summed E-state index contributed by atoms with van der Waals surface area (Å²) in [6.07, 6.45) is 12.4. The molecule has 0 aromatic rings. The molecule has 0 amide bonds. The topological polar surface area (TPSA) is 12.0 Å². The molecule has 0 aliphatic heterocycles. The van der Waals surface area contributed by atoms with Crippen molar-refractivity contribution < 1.29 is 0 Å². The molecule has 2 fully saturated rings. The van der Waals surface area contributed by atoms with Gasteiger partial charge < -0.3 is 5.32 Å². The van der Waals surface area contributed by atoms with Crippen molar-refractivity contribution in [3.05, 3.63) is 0 Å². The molecule has 0 bridgehead atoms. The van der Waals surface area contributed by atoms with Crippen molar-refractivity contribution in [1.82, 2.24) is 5.32 Å². The Morgan fingerprint density at radius 3 is 2.69 bits per heavy atom. The SMILES string of the molecule is CSC1CCC(NCC2CCCC(C)C2)C1. The molecular formula is C14H27NS. The molecule has 0 saturated heterocycles. The van der Waals surface area contributed by atoms with Gasteiger partial charge in [-0.25, -0.2) is 0 Å². The van der Waals surface area contributed by atoms with Crippen LogP contribution in [-0.4, -0.2) is 24.1 Å². The standard InChI is InChI=1S/C14H27NS/c1-11-4-3-5-12(8-11)10-15-13-6-7-14(9-13)16-2/h11-15H,3-10H2,1-2H3. The van der Waals surface area contributed by atoms with Gasteiger partial charge in [-0.1, -0.05) is 19.8 Å². The third kappa shape index (κ3) is 3.66. The minimum atomic E-state index is 0.828. The van der Waals surface area contributed by atoms with Crippen LogP contribution >= 0.6 is 11.8 Å². The van der Waals surface area contributed by atoms with Gasteiger partial charge in [-0.2, -0.15) is 11.8 Å². The number of hydrogen-bond donors (Lipinski definition) is 1. The molecule has 0 radical (unpaired) electrons. The van der Waals surface area contributed by atoms with Crippen LogP contribution < -0.4 is 5.32 Å². The molecule has 0 aromatic heterocycles. The maximum absolute atomic E-state index is 3.82. The van der Waals surface area contributed by atoms with Crippen LogP contribution in [-0.2, 0) is 0 Å². The number of nitrogens with one attached hydrogen (secondary N) is 1. The van der Waals surface area contributed by atoms with Gasteiger partial charge in [0.2, 0.25) is 0 Å². The molecule has 94 valence electrons. The van der Waals surface area contributed by atoms with E-state index in [0.29, 0.717) is 0 Å². The molecule has 0 aromatic carbocycles. The zero-order valence-electron chi connectivity index (χ0n) is 10.9. The number of rotatable bonds is 4. The maximum Gasteiger partial charge on any atom is 0.00781 e. The molecule has 4 atom stereocenters. The van der Waals surface area contributed by atoms with E-state index in [-0.39, 0.29) is 0 Å². The van der Waals surface area contributed by atoms with Gasteiger partial charge in [0.15, 0.2) is 0 Å². The van der Waals surface area contributed by atoms with E-state index in [0.717, 1.165) is 23.1 Å². The average molecular weight is 241 g/mol. The molecule has 2 heteroatoms. The normalized spacial score (nSPS) is 40.1. The monoisotopic (exact) mass is 241 g/mol. The van der Waals surface area contributed by atoms with E-state index in [1.807, 2.05) is 0 Å². The lowest BCUT2D eigenvalue weighted by Crippen LogP contribution is -2.33. The Kier molecular flexibility index (Phi) is 5.02. The van der Waals surface area contributed by atoms with Crippen LogP contribution in [0.25, 0.3) is 0 Å². The first-order chi connectivity index (χ1) is 7.78. The van der Waals surface area contributed by atoms with Crippen molar-refractivity contribution in [3.63, 3.8) is 0 Å². The van der Waals surface area contributed by atoms with Gasteiger partial charge in [-0.15, -0.1) is 0 Å². The molecule has 1 N–H and O–H groups in total. The Labute approximate surface area is 105 Å². The first kappa shape index (κ1) is 12.8. The van der Waals surface area contributed by atoms with Gasteiger partial charge >= 0.3 is 0 Å². The highest BCUT2D eigenvalue weighted by Crippen LogP contribution is 2.30. The summed E-state index contributed by atoms with van der Waals surface area (Å²) in [4.78, 5) is 0. The highest BCUT2D eigenvalue weighted by molar-refractivity contribution is 7.99. The summed E-state index contributed by atoms with van der Waals surface area (Å²) in [6.45, 7) is 3.71. The molecule has 2 rings (SSSR count). The minimum absolute atomic E-state index is 0.828. The molecule has 4 unspecified atom stereocenters. The van der Waals surface area contributed by atoms with E-state index in [1.54, 1.807) is 0 Å². The molecule has 0 heterocycles. The van der Waals surface area contributed by atoms with E-state index < -0.39 is 0 Å². The lowest BCUT2D eigenvalue weighted by molar-refractivity contribution is 0.267. The summed E-state index contributed by atoms with van der Waals surface area (Å²) in [7, 11) is 0. The van der Waals surface area contributed by atoms with Crippen molar-refractivity contribution in [1.29, 1.82) is 0 Å². The summed E-state index contributed by atoms with van der Waals surface area (Å²) in [5, 5.41) is 4.76. The van der Waals surface area contributed by atoms with Crippen molar-refractivity contribution in [2.24, 2.45) is 11.8 Å². The predicted octanol–water partition coefficient (Wildman–Crippen LogP) is 3.69. The smallest absolute Gasteiger partial charge is 0.00781 e. The van der Waals surface area contributed by atoms with E-state index in [9.17, 15) is 0 Å². The molecule has 2 aliphatic carbocycles. The molecular weight excluding hydrogens is 214 g/mol. The first-order valence-electron chi connectivity index (χ1n) is 7.04. The summed E-state index contributed by atoms with van der Waals surface area (Å²) >= 11 is 2.06. The fraction of sp³-hybridized carbons (Fsp3) is 1.00. The van der Waals surface area contributed by atoms with Crippen LogP contribution in [0.5, 0.6) is 0 Å². The lowest BCUT2D eigenvalue weighted by Gasteiger charge is -2.28. The summed E-state index contributed by atoms with van der Waals surface area (Å²) in [5.74, 6) is 1.94. The zero-order valence-corrected chi connectivity index (χ0v) is 11.7. The lowest BCUT2D eigenvalue weighted by atomic mass is 9.82. The van der Waals surface area contributed by atoms with Crippen LogP contribution in [0, 0.1) is 11.8 Å². The zero-order chi connectivity index (χ0) is 11.4. The molecule has 1 nitrogen and oxygen atoms in total. The van der Waals surface area contributed by atoms with Crippen LogP contribution in [0.15, 0.2) is 0 Å². The fourth-order valence-electron chi connectivity index (χ4n) is 3.42. The highest BCUT2D eigenvalue weighted by atomic mass is 32.2. The molecule has 2 aliphatic rings. The molecule has 16 heavy (non-hydrogen) atoms. The van der Waals surface area contributed by atoms with Crippen molar-refractivity contribution in [2.75, 3.05) is 12.8 Å². The van der Waals surface area contributed by atoms with Crippen molar-refractivity contribution in [2.45, 2.75) is 63.2 Å². The van der Waals surface area contributed by atoms with Gasteiger partial charge in [0, 0.05) is 11.3 Å². The van der Waals surface area contributed by atoms with E-state index in [4.69, 9.17) is 0 Å². The maximum atomic E-state index is 3.82. The van der Waals surface area contributed by atoms with Crippen molar-refractivity contribution >= 4 is 11.8 Å². The van der Waals surface area contributed by atoms with Gasteiger partial charge in [0.1, 0.15) is 0 Å². The summed E-state index contributed by atoms with van der Waals surface area (Å²) < 4.78 is 0. The highest BCUT2D eigenvalue weighted by Gasteiger charge is 2.25. The van der Waals surface area contributed by atoms with Gasteiger partial charge in [0.25, 0.3) is 0 Å². The second kappa shape index (κ2) is 6.30. The Morgan fingerprint density at radius 1 is 1.12 bits per heavy atom. The van der Waals surface area contributed by atoms with E-state index in [1.165, 1.54) is 51.5 Å². The Morgan fingerprint density at radius 2 is 2.00 bits per heavy atom. The Bertz CT molecular complexity index is 207. The third-order valence-corrected chi connectivity index (χ3v) is 5.55. The van der Waals surface area contributed by atoms with Crippen molar-refractivity contribution in [3.8, 4) is 0 Å². The second-order valence-electron chi connectivity index (χ2n) is 5.91. The van der Waals surface area contributed by atoms with Crippen LogP contribution in [0.3, 0.4) is 0 Å². The van der Waals surface area contributed by atoms with Crippen LogP contribution in [0.1, 0.15) is 51.9 Å². The summed E-state index contributed by atoms with van der Waals surface area (Å²) in [5.41, 5.74) is 0. The number of hydrogen-bond acceptors (Lipinski definition) is 2. The van der Waals surface area contributed by atoms with Gasteiger partial charge in [0.05, 0.1) is 0 Å². The Balaban J connectivity index is 1.64. The fourth-order valence-corrected chi connectivity index (χ4v) is 4.21. The molecule has 2 saturated carbocycles. The minimum Gasteiger partial charge on any atom is -0.314 e. The second-order valence-corrected chi connectivity index (χ2v) is 7.05. The average Bonchev–Trinajstić information content (AvgIpc) is 2.74. The largest absolute Gasteiger partial charge is 0.314 e.